The van der Waals surface area contributed by atoms with Gasteiger partial charge in [-0.25, -0.2) is 0 Å². The average Bonchev–Trinajstić information content (AvgIpc) is 2.88. The van der Waals surface area contributed by atoms with Gasteiger partial charge in [-0.2, -0.15) is 0 Å². The van der Waals surface area contributed by atoms with Gasteiger partial charge in [0.1, 0.15) is 6.61 Å². The van der Waals surface area contributed by atoms with Crippen molar-refractivity contribution in [2.75, 3.05) is 13.7 Å². The van der Waals surface area contributed by atoms with Gasteiger partial charge in [-0.05, 0) is 55.7 Å². The number of carbonyl (C=O) groups is 1. The van der Waals surface area contributed by atoms with Crippen LogP contribution in [0.5, 0.6) is 11.5 Å². The van der Waals surface area contributed by atoms with Crippen molar-refractivity contribution in [3.63, 3.8) is 0 Å². The van der Waals surface area contributed by atoms with Crippen LogP contribution in [0.3, 0.4) is 0 Å². The molecule has 0 saturated carbocycles. The van der Waals surface area contributed by atoms with Crippen LogP contribution >= 0.6 is 0 Å². The molecule has 1 aromatic carbocycles. The fraction of sp³-hybridized carbons (Fsp3) is 0.710. The van der Waals surface area contributed by atoms with Crippen molar-refractivity contribution < 1.29 is 14.3 Å². The SMILES string of the molecule is CCCCCCCCC=CCCCCCCCC(=O)NCc1ccc(OCC(N)C(C)C)c(OC)c1. The van der Waals surface area contributed by atoms with Crippen LogP contribution in [0.1, 0.15) is 116 Å². The Morgan fingerprint density at radius 3 is 2.14 bits per heavy atom. The zero-order valence-corrected chi connectivity index (χ0v) is 23.7. The number of allylic oxidation sites excluding steroid dienone is 2. The molecule has 1 unspecified atom stereocenters. The molecule has 0 aliphatic rings. The van der Waals surface area contributed by atoms with E-state index in [1.165, 1.54) is 70.6 Å². The Morgan fingerprint density at radius 1 is 0.917 bits per heavy atom. The maximum atomic E-state index is 12.2. The second-order valence-electron chi connectivity index (χ2n) is 10.3. The molecular weight excluding hydrogens is 448 g/mol. The van der Waals surface area contributed by atoms with Crippen LogP contribution in [0, 0.1) is 5.92 Å². The van der Waals surface area contributed by atoms with Gasteiger partial charge in [0, 0.05) is 19.0 Å². The lowest BCUT2D eigenvalue weighted by atomic mass is 10.1. The molecule has 206 valence electrons. The van der Waals surface area contributed by atoms with Crippen LogP contribution in [0.25, 0.3) is 0 Å². The van der Waals surface area contributed by atoms with E-state index in [0.717, 1.165) is 18.4 Å². The van der Waals surface area contributed by atoms with Crippen molar-refractivity contribution in [2.45, 2.75) is 123 Å². The highest BCUT2D eigenvalue weighted by molar-refractivity contribution is 5.75. The number of ether oxygens (including phenoxy) is 2. The number of nitrogens with two attached hydrogens (primary N) is 1. The maximum Gasteiger partial charge on any atom is 0.220 e. The minimum atomic E-state index is -0.0229. The summed E-state index contributed by atoms with van der Waals surface area (Å²) in [5.41, 5.74) is 7.06. The van der Waals surface area contributed by atoms with Crippen LogP contribution in [0.2, 0.25) is 0 Å². The van der Waals surface area contributed by atoms with E-state index in [9.17, 15) is 4.79 Å². The second kappa shape index (κ2) is 21.1. The minimum absolute atomic E-state index is 0.0229. The summed E-state index contributed by atoms with van der Waals surface area (Å²) in [5.74, 6) is 1.80. The molecule has 0 aromatic heterocycles. The van der Waals surface area contributed by atoms with Gasteiger partial charge < -0.3 is 20.5 Å². The van der Waals surface area contributed by atoms with Gasteiger partial charge in [0.25, 0.3) is 0 Å². The lowest BCUT2D eigenvalue weighted by molar-refractivity contribution is -0.121. The molecule has 1 aromatic rings. The monoisotopic (exact) mass is 502 g/mol. The molecule has 0 radical (unpaired) electrons. The van der Waals surface area contributed by atoms with Crippen LogP contribution in [0.15, 0.2) is 30.4 Å². The number of unbranched alkanes of at least 4 members (excludes halogenated alkanes) is 11. The molecule has 1 amide bonds. The summed E-state index contributed by atoms with van der Waals surface area (Å²) in [4.78, 5) is 12.2. The number of amides is 1. The van der Waals surface area contributed by atoms with E-state index in [0.29, 0.717) is 37.0 Å². The van der Waals surface area contributed by atoms with Crippen LogP contribution in [-0.2, 0) is 11.3 Å². The number of rotatable bonds is 22. The first-order chi connectivity index (χ1) is 17.5. The molecule has 0 heterocycles. The van der Waals surface area contributed by atoms with Gasteiger partial charge in [-0.1, -0.05) is 90.4 Å². The Bertz CT molecular complexity index is 718. The zero-order chi connectivity index (χ0) is 26.4. The van der Waals surface area contributed by atoms with Gasteiger partial charge >= 0.3 is 0 Å². The van der Waals surface area contributed by atoms with Gasteiger partial charge in [0.15, 0.2) is 11.5 Å². The predicted octanol–water partition coefficient (Wildman–Crippen LogP) is 7.71. The number of hydrogen-bond acceptors (Lipinski definition) is 4. The molecule has 1 rings (SSSR count). The fourth-order valence-electron chi connectivity index (χ4n) is 3.96. The lowest BCUT2D eigenvalue weighted by Crippen LogP contribution is -2.33. The lowest BCUT2D eigenvalue weighted by Gasteiger charge is -2.18. The highest BCUT2D eigenvalue weighted by Crippen LogP contribution is 2.28. The largest absolute Gasteiger partial charge is 0.493 e. The Morgan fingerprint density at radius 2 is 1.53 bits per heavy atom. The van der Waals surface area contributed by atoms with Crippen LogP contribution in [0.4, 0.5) is 0 Å². The van der Waals surface area contributed by atoms with Gasteiger partial charge in [-0.3, -0.25) is 4.79 Å². The second-order valence-corrected chi connectivity index (χ2v) is 10.3. The number of methoxy groups -OCH3 is 1. The molecule has 0 saturated heterocycles. The highest BCUT2D eigenvalue weighted by Gasteiger charge is 2.12. The Balaban J connectivity index is 2.09. The van der Waals surface area contributed by atoms with Crippen molar-refractivity contribution in [2.24, 2.45) is 11.7 Å². The smallest absolute Gasteiger partial charge is 0.220 e. The molecule has 1 atom stereocenters. The first-order valence-electron chi connectivity index (χ1n) is 14.4. The normalized spacial score (nSPS) is 12.3. The van der Waals surface area contributed by atoms with E-state index in [4.69, 9.17) is 15.2 Å². The third-order valence-corrected chi connectivity index (χ3v) is 6.67. The summed E-state index contributed by atoms with van der Waals surface area (Å²) in [5, 5.41) is 3.02. The third-order valence-electron chi connectivity index (χ3n) is 6.67. The first kappa shape index (κ1) is 32.0. The van der Waals surface area contributed by atoms with Crippen LogP contribution < -0.4 is 20.5 Å². The van der Waals surface area contributed by atoms with Crippen molar-refractivity contribution in [3.05, 3.63) is 35.9 Å². The summed E-state index contributed by atoms with van der Waals surface area (Å²) in [6.45, 7) is 7.36. The van der Waals surface area contributed by atoms with Crippen molar-refractivity contribution >= 4 is 5.91 Å². The zero-order valence-electron chi connectivity index (χ0n) is 23.7. The molecule has 0 aliphatic carbocycles. The van der Waals surface area contributed by atoms with E-state index >= 15 is 0 Å². The standard InChI is InChI=1S/C31H54N2O3/c1-5-6-7-8-9-10-11-12-13-14-15-16-17-18-19-20-31(34)33-24-27-21-22-29(30(23-27)35-4)36-25-28(32)26(2)3/h12-13,21-23,26,28H,5-11,14-20,24-25,32H2,1-4H3,(H,33,34). The molecule has 0 bridgehead atoms. The molecule has 5 heteroatoms. The van der Waals surface area contributed by atoms with Gasteiger partial charge in [0.2, 0.25) is 5.91 Å². The molecule has 3 N–H and O–H groups in total. The number of hydrogen-bond donors (Lipinski definition) is 2. The number of carbonyl (C=O) groups excluding carboxylic acids is 1. The summed E-state index contributed by atoms with van der Waals surface area (Å²) in [6.07, 6.45) is 21.7. The molecule has 36 heavy (non-hydrogen) atoms. The third kappa shape index (κ3) is 15.9. The summed E-state index contributed by atoms with van der Waals surface area (Å²) in [7, 11) is 1.62. The van der Waals surface area contributed by atoms with E-state index in [1.807, 2.05) is 18.2 Å². The van der Waals surface area contributed by atoms with E-state index in [-0.39, 0.29) is 11.9 Å². The summed E-state index contributed by atoms with van der Waals surface area (Å²) in [6, 6.07) is 5.74. The topological polar surface area (TPSA) is 73.6 Å². The average molecular weight is 503 g/mol. The fourth-order valence-corrected chi connectivity index (χ4v) is 3.96. The molecule has 5 nitrogen and oxygen atoms in total. The first-order valence-corrected chi connectivity index (χ1v) is 14.4. The summed E-state index contributed by atoms with van der Waals surface area (Å²) >= 11 is 0. The quantitative estimate of drug-likeness (QED) is 0.126. The molecular formula is C31H54N2O3. The van der Waals surface area contributed by atoms with E-state index in [2.05, 4.69) is 38.2 Å². The van der Waals surface area contributed by atoms with Gasteiger partial charge in [-0.15, -0.1) is 0 Å². The Labute approximate surface area is 221 Å². The number of nitrogens with one attached hydrogen (secondary N) is 1. The number of benzene rings is 1. The van der Waals surface area contributed by atoms with E-state index < -0.39 is 0 Å². The van der Waals surface area contributed by atoms with E-state index in [1.54, 1.807) is 7.11 Å². The van der Waals surface area contributed by atoms with Crippen LogP contribution in [-0.4, -0.2) is 25.7 Å². The highest BCUT2D eigenvalue weighted by atomic mass is 16.5. The maximum absolute atomic E-state index is 12.2. The molecule has 0 aliphatic heterocycles. The predicted molar refractivity (Wildman–Crippen MR) is 153 cm³/mol. The summed E-state index contributed by atoms with van der Waals surface area (Å²) < 4.78 is 11.3. The molecule has 0 spiro atoms. The minimum Gasteiger partial charge on any atom is -0.493 e. The molecule has 0 fully saturated rings. The van der Waals surface area contributed by atoms with Crippen molar-refractivity contribution in [3.8, 4) is 11.5 Å². The Kier molecular flexibility index (Phi) is 18.8. The van der Waals surface area contributed by atoms with Crippen molar-refractivity contribution in [1.82, 2.24) is 5.32 Å². The van der Waals surface area contributed by atoms with Gasteiger partial charge in [0.05, 0.1) is 7.11 Å². The van der Waals surface area contributed by atoms with Crippen molar-refractivity contribution in [1.29, 1.82) is 0 Å². The Hall–Kier alpha value is -2.01.